The lowest BCUT2D eigenvalue weighted by Crippen LogP contribution is -2.43. The van der Waals surface area contributed by atoms with Crippen LogP contribution in [0.1, 0.15) is 6.42 Å². The topological polar surface area (TPSA) is 121 Å². The van der Waals surface area contributed by atoms with Crippen molar-refractivity contribution in [3.8, 4) is 11.4 Å². The molecule has 6 rings (SSSR count). The number of hydrogen-bond donors (Lipinski definition) is 4. The van der Waals surface area contributed by atoms with E-state index in [0.29, 0.717) is 16.4 Å². The first-order chi connectivity index (χ1) is 16.6. The Labute approximate surface area is 201 Å². The number of amides is 1. The van der Waals surface area contributed by atoms with E-state index in [-0.39, 0.29) is 24.0 Å². The van der Waals surface area contributed by atoms with E-state index in [1.807, 2.05) is 0 Å². The molecule has 2 bridgehead atoms. The highest BCUT2D eigenvalue weighted by Gasteiger charge is 2.47. The van der Waals surface area contributed by atoms with Gasteiger partial charge in [-0.15, -0.1) is 0 Å². The molecule has 176 valence electrons. The molecule has 1 saturated heterocycles. The van der Waals surface area contributed by atoms with Crippen molar-refractivity contribution in [1.29, 1.82) is 0 Å². The van der Waals surface area contributed by atoms with Gasteiger partial charge in [-0.25, -0.2) is 14.8 Å². The second kappa shape index (κ2) is 8.48. The molecule has 1 saturated carbocycles. The number of rotatable bonds is 5. The van der Waals surface area contributed by atoms with Crippen molar-refractivity contribution in [3.05, 3.63) is 47.6 Å². The monoisotopic (exact) mass is 479 g/mol. The molecule has 2 fully saturated rings. The molecule has 1 aromatic carbocycles. The van der Waals surface area contributed by atoms with E-state index >= 15 is 0 Å². The Balaban J connectivity index is 1.30. The number of piperazine rings is 1. The van der Waals surface area contributed by atoms with Crippen LogP contribution in [0.25, 0.3) is 22.6 Å². The largest absolute Gasteiger partial charge is 0.444 e. The van der Waals surface area contributed by atoms with Crippen molar-refractivity contribution < 1.29 is 9.53 Å². The summed E-state index contributed by atoms with van der Waals surface area (Å²) in [5, 5.41) is 7.37. The Bertz CT molecular complexity index is 1250. The number of benzene rings is 1. The fourth-order valence-electron chi connectivity index (χ4n) is 5.39. The van der Waals surface area contributed by atoms with Crippen LogP contribution >= 0.6 is 11.6 Å². The lowest BCUT2D eigenvalue weighted by atomic mass is 9.98. The van der Waals surface area contributed by atoms with E-state index in [1.54, 1.807) is 6.20 Å². The Morgan fingerprint density at radius 2 is 1.94 bits per heavy atom. The molecule has 9 nitrogen and oxygen atoms in total. The first kappa shape index (κ1) is 21.2. The van der Waals surface area contributed by atoms with E-state index < -0.39 is 6.09 Å². The van der Waals surface area contributed by atoms with Gasteiger partial charge in [0.1, 0.15) is 17.4 Å². The average molecular weight is 480 g/mol. The molecule has 10 heteroatoms. The van der Waals surface area contributed by atoms with Crippen molar-refractivity contribution in [3.63, 3.8) is 0 Å². The third kappa shape index (κ3) is 3.74. The molecule has 3 heterocycles. The summed E-state index contributed by atoms with van der Waals surface area (Å²) in [5.74, 6) is 1.10. The van der Waals surface area contributed by atoms with Gasteiger partial charge in [-0.1, -0.05) is 23.8 Å². The Kier molecular flexibility index (Phi) is 5.30. The lowest BCUT2D eigenvalue weighted by Gasteiger charge is -2.29. The van der Waals surface area contributed by atoms with Crippen molar-refractivity contribution in [2.45, 2.75) is 18.6 Å². The number of aromatic nitrogens is 3. The zero-order valence-electron chi connectivity index (χ0n) is 18.5. The maximum absolute atomic E-state index is 11.5. The predicted molar refractivity (Wildman–Crippen MR) is 132 cm³/mol. The third-order valence-electron chi connectivity index (χ3n) is 7.05. The first-order valence-corrected chi connectivity index (χ1v) is 12.0. The summed E-state index contributed by atoms with van der Waals surface area (Å²) in [4.78, 5) is 26.4. The van der Waals surface area contributed by atoms with Gasteiger partial charge < -0.3 is 31.0 Å². The zero-order valence-corrected chi connectivity index (χ0v) is 19.3. The van der Waals surface area contributed by atoms with E-state index in [4.69, 9.17) is 27.1 Å². The number of nitrogens with one attached hydrogen (secondary N) is 3. The zero-order chi connectivity index (χ0) is 23.2. The number of H-pyrrole nitrogens is 1. The number of halogens is 1. The van der Waals surface area contributed by atoms with Gasteiger partial charge in [0, 0.05) is 49.3 Å². The molecule has 5 N–H and O–H groups in total. The number of anilines is 2. The quantitative estimate of drug-likeness (QED) is 0.415. The summed E-state index contributed by atoms with van der Waals surface area (Å²) in [6.07, 6.45) is 5.65. The molecule has 2 aromatic heterocycles. The van der Waals surface area contributed by atoms with Crippen molar-refractivity contribution in [2.24, 2.45) is 17.6 Å². The molecule has 1 amide bonds. The van der Waals surface area contributed by atoms with Crippen molar-refractivity contribution >= 4 is 40.2 Å². The number of pyridine rings is 1. The van der Waals surface area contributed by atoms with Crippen LogP contribution < -0.4 is 21.3 Å². The second-order valence-electron chi connectivity index (χ2n) is 9.07. The fraction of sp³-hybridized carbons (Fsp3) is 0.375. The molecule has 34 heavy (non-hydrogen) atoms. The van der Waals surface area contributed by atoms with Gasteiger partial charge in [-0.05, 0) is 30.7 Å². The van der Waals surface area contributed by atoms with E-state index in [9.17, 15) is 4.79 Å². The Morgan fingerprint density at radius 1 is 1.18 bits per heavy atom. The number of nitrogens with zero attached hydrogens (tertiary/aromatic N) is 3. The minimum Gasteiger partial charge on any atom is -0.444 e. The van der Waals surface area contributed by atoms with E-state index in [2.05, 4.69) is 61.9 Å². The molecule has 4 atom stereocenters. The minimum absolute atomic E-state index is 0.129. The van der Waals surface area contributed by atoms with Gasteiger partial charge in [-0.2, -0.15) is 0 Å². The van der Waals surface area contributed by atoms with Crippen LogP contribution in [-0.2, 0) is 4.74 Å². The SMILES string of the molecule is NC(=O)O[C@@H]1[C@H](Nc2c(Cl)cnc3nc(-c4ccc(N5CCNCC5)cc4)[nH]c23)[C@H]2C=C[C@@H]1C2. The maximum Gasteiger partial charge on any atom is 0.404 e. The highest BCUT2D eigenvalue weighted by atomic mass is 35.5. The van der Waals surface area contributed by atoms with Crippen LogP contribution in [0, 0.1) is 11.8 Å². The van der Waals surface area contributed by atoms with Crippen molar-refractivity contribution in [2.75, 3.05) is 36.4 Å². The molecular weight excluding hydrogens is 454 g/mol. The summed E-state index contributed by atoms with van der Waals surface area (Å²) < 4.78 is 5.45. The third-order valence-corrected chi connectivity index (χ3v) is 7.33. The van der Waals surface area contributed by atoms with E-state index in [0.717, 1.165) is 49.5 Å². The number of imidazole rings is 1. The van der Waals surface area contributed by atoms with Crippen LogP contribution in [-0.4, -0.2) is 59.4 Å². The highest BCUT2D eigenvalue weighted by Crippen LogP contribution is 2.44. The van der Waals surface area contributed by atoms with Gasteiger partial charge in [0.2, 0.25) is 0 Å². The van der Waals surface area contributed by atoms with Crippen LogP contribution in [0.2, 0.25) is 5.02 Å². The number of aromatic amines is 1. The van der Waals surface area contributed by atoms with Gasteiger partial charge in [0.05, 0.1) is 22.9 Å². The molecule has 0 unspecified atom stereocenters. The first-order valence-electron chi connectivity index (χ1n) is 11.6. The molecule has 3 aromatic rings. The van der Waals surface area contributed by atoms with Gasteiger partial charge in [0.15, 0.2) is 5.65 Å². The summed E-state index contributed by atoms with van der Waals surface area (Å²) in [6.45, 7) is 3.99. The number of ether oxygens (including phenoxy) is 1. The fourth-order valence-corrected chi connectivity index (χ4v) is 5.59. The summed E-state index contributed by atoms with van der Waals surface area (Å²) in [6, 6.07) is 8.26. The van der Waals surface area contributed by atoms with Crippen molar-refractivity contribution in [1.82, 2.24) is 20.3 Å². The van der Waals surface area contributed by atoms with Gasteiger partial charge >= 0.3 is 6.09 Å². The Morgan fingerprint density at radius 3 is 2.71 bits per heavy atom. The molecule has 2 aliphatic carbocycles. The molecule has 1 aliphatic heterocycles. The molecular formula is C24H26ClN7O2. The number of hydrogen-bond acceptors (Lipinski definition) is 7. The standard InChI is InChI=1S/C24H26ClN7O2/c25-17-12-28-23-20(19(17)29-18-14-1-2-15(11-14)21(18)34-24(26)33)30-22(31-23)13-3-5-16(6-4-13)32-9-7-27-8-10-32/h1-6,12,14-15,18,21,27H,7-11H2,(H2,26,33)(H2,28,29,30,31)/t14-,15+,18+,21-/m0/s1. The van der Waals surface area contributed by atoms with Crippen LogP contribution in [0.3, 0.4) is 0 Å². The van der Waals surface area contributed by atoms with E-state index in [1.165, 1.54) is 5.69 Å². The number of nitrogens with two attached hydrogens (primary N) is 1. The Hall–Kier alpha value is -3.30. The smallest absolute Gasteiger partial charge is 0.404 e. The maximum atomic E-state index is 11.5. The molecule has 0 spiro atoms. The summed E-state index contributed by atoms with van der Waals surface area (Å²) >= 11 is 6.57. The number of carbonyl (C=O) groups excluding carboxylic acids is 1. The second-order valence-corrected chi connectivity index (χ2v) is 9.48. The summed E-state index contributed by atoms with van der Waals surface area (Å²) in [7, 11) is 0. The minimum atomic E-state index is -0.767. The lowest BCUT2D eigenvalue weighted by molar-refractivity contribution is 0.0854. The van der Waals surface area contributed by atoms with Crippen LogP contribution in [0.4, 0.5) is 16.2 Å². The highest BCUT2D eigenvalue weighted by molar-refractivity contribution is 6.34. The normalized spacial score (nSPS) is 25.7. The number of carbonyl (C=O) groups is 1. The molecule has 3 aliphatic rings. The van der Waals surface area contributed by atoms with Crippen LogP contribution in [0.5, 0.6) is 0 Å². The predicted octanol–water partition coefficient (Wildman–Crippen LogP) is 3.14. The van der Waals surface area contributed by atoms with Crippen LogP contribution in [0.15, 0.2) is 42.6 Å². The average Bonchev–Trinajstić information content (AvgIpc) is 3.57. The molecule has 0 radical (unpaired) electrons. The number of primary amides is 1. The van der Waals surface area contributed by atoms with Gasteiger partial charge in [-0.3, -0.25) is 0 Å². The number of fused-ring (bicyclic) bond motifs is 3. The summed E-state index contributed by atoms with van der Waals surface area (Å²) in [5.41, 5.74) is 9.50. The van der Waals surface area contributed by atoms with Gasteiger partial charge in [0.25, 0.3) is 0 Å².